The Morgan fingerprint density at radius 1 is 1.22 bits per heavy atom. The van der Waals surface area contributed by atoms with Crippen molar-refractivity contribution in [3.63, 3.8) is 0 Å². The number of benzene rings is 1. The zero-order chi connectivity index (χ0) is 13.0. The minimum Gasteiger partial charge on any atom is -0.497 e. The maximum atomic E-state index is 11.4. The first-order valence-electron chi connectivity index (χ1n) is 5.88. The van der Waals surface area contributed by atoms with Crippen LogP contribution in [0.5, 0.6) is 5.75 Å². The molecule has 0 amide bonds. The van der Waals surface area contributed by atoms with Gasteiger partial charge in [0.15, 0.2) is 5.78 Å². The third kappa shape index (κ3) is 3.05. The maximum Gasteiger partial charge on any atom is 0.177 e. The van der Waals surface area contributed by atoms with E-state index in [1.54, 1.807) is 7.11 Å². The number of Topliss-reactive ketones (excluding diaryl/α,β-unsaturated/α-hetero) is 1. The van der Waals surface area contributed by atoms with Gasteiger partial charge in [0.2, 0.25) is 0 Å². The van der Waals surface area contributed by atoms with Crippen LogP contribution >= 0.6 is 11.6 Å². The number of halogens is 1. The third-order valence-corrected chi connectivity index (χ3v) is 3.29. The summed E-state index contributed by atoms with van der Waals surface area (Å²) >= 11 is 5.93. The number of hydrogen-bond acceptors (Lipinski definition) is 3. The van der Waals surface area contributed by atoms with Crippen molar-refractivity contribution in [1.82, 2.24) is 0 Å². The molecule has 1 aliphatic carbocycles. The fourth-order valence-corrected chi connectivity index (χ4v) is 2.06. The Morgan fingerprint density at radius 3 is 2.61 bits per heavy atom. The highest BCUT2D eigenvalue weighted by Crippen LogP contribution is 2.26. The van der Waals surface area contributed by atoms with Crippen LogP contribution in [0, 0.1) is 0 Å². The largest absolute Gasteiger partial charge is 0.497 e. The van der Waals surface area contributed by atoms with Crippen LogP contribution in [0.3, 0.4) is 0 Å². The molecule has 0 aromatic heterocycles. The summed E-state index contributed by atoms with van der Waals surface area (Å²) in [5.41, 5.74) is 1.02. The van der Waals surface area contributed by atoms with E-state index < -0.39 is 0 Å². The Morgan fingerprint density at radius 2 is 1.94 bits per heavy atom. The SMILES string of the molecule is COc1ccc(COC2=C(Cl)C(=O)CCC2)cc1. The Kier molecular flexibility index (Phi) is 4.26. The minimum atomic E-state index is -0.0207. The number of carbonyl (C=O) groups excluding carboxylic acids is 1. The van der Waals surface area contributed by atoms with E-state index in [1.807, 2.05) is 24.3 Å². The highest BCUT2D eigenvalue weighted by atomic mass is 35.5. The standard InChI is InChI=1S/C14H15ClO3/c1-17-11-7-5-10(6-8-11)9-18-13-4-2-3-12(16)14(13)15/h5-8H,2-4,9H2,1H3. The summed E-state index contributed by atoms with van der Waals surface area (Å²) in [6.45, 7) is 0.419. The lowest BCUT2D eigenvalue weighted by molar-refractivity contribution is -0.115. The van der Waals surface area contributed by atoms with Crippen LogP contribution in [0.2, 0.25) is 0 Å². The molecule has 18 heavy (non-hydrogen) atoms. The molecule has 0 aliphatic heterocycles. The van der Waals surface area contributed by atoms with E-state index in [2.05, 4.69) is 0 Å². The van der Waals surface area contributed by atoms with Crippen LogP contribution in [0.25, 0.3) is 0 Å². The fraction of sp³-hybridized carbons (Fsp3) is 0.357. The maximum absolute atomic E-state index is 11.4. The molecule has 1 aromatic carbocycles. The van der Waals surface area contributed by atoms with Crippen molar-refractivity contribution >= 4 is 17.4 Å². The quantitative estimate of drug-likeness (QED) is 0.838. The lowest BCUT2D eigenvalue weighted by atomic mass is 10.0. The van der Waals surface area contributed by atoms with Gasteiger partial charge in [-0.2, -0.15) is 0 Å². The molecule has 0 saturated heterocycles. The number of rotatable bonds is 4. The van der Waals surface area contributed by atoms with E-state index in [0.29, 0.717) is 18.8 Å². The van der Waals surface area contributed by atoms with Gasteiger partial charge in [0.1, 0.15) is 23.1 Å². The lowest BCUT2D eigenvalue weighted by Gasteiger charge is -2.16. The van der Waals surface area contributed by atoms with Crippen molar-refractivity contribution < 1.29 is 14.3 Å². The predicted molar refractivity (Wildman–Crippen MR) is 69.5 cm³/mol. The molecule has 0 heterocycles. The lowest BCUT2D eigenvalue weighted by Crippen LogP contribution is -2.09. The Bertz CT molecular complexity index is 462. The second kappa shape index (κ2) is 5.91. The van der Waals surface area contributed by atoms with Crippen LogP contribution in [0.15, 0.2) is 35.1 Å². The molecule has 0 bridgehead atoms. The van der Waals surface area contributed by atoms with Crippen LogP contribution in [0.1, 0.15) is 24.8 Å². The molecule has 4 heteroatoms. The van der Waals surface area contributed by atoms with Gasteiger partial charge in [-0.15, -0.1) is 0 Å². The van der Waals surface area contributed by atoms with Crippen LogP contribution < -0.4 is 4.74 Å². The highest BCUT2D eigenvalue weighted by molar-refractivity contribution is 6.42. The minimum absolute atomic E-state index is 0.0207. The number of hydrogen-bond donors (Lipinski definition) is 0. The van der Waals surface area contributed by atoms with E-state index in [0.717, 1.165) is 24.2 Å². The Balaban J connectivity index is 1.98. The van der Waals surface area contributed by atoms with E-state index >= 15 is 0 Å². The molecule has 0 spiro atoms. The van der Waals surface area contributed by atoms with Gasteiger partial charge in [-0.3, -0.25) is 4.79 Å². The van der Waals surface area contributed by atoms with Gasteiger partial charge < -0.3 is 9.47 Å². The first kappa shape index (κ1) is 13.0. The average molecular weight is 267 g/mol. The summed E-state index contributed by atoms with van der Waals surface area (Å²) < 4.78 is 10.7. The highest BCUT2D eigenvalue weighted by Gasteiger charge is 2.19. The van der Waals surface area contributed by atoms with E-state index in [-0.39, 0.29) is 10.8 Å². The zero-order valence-electron chi connectivity index (χ0n) is 10.2. The van der Waals surface area contributed by atoms with Crippen molar-refractivity contribution in [3.05, 3.63) is 40.6 Å². The third-order valence-electron chi connectivity index (χ3n) is 2.87. The second-order valence-corrected chi connectivity index (χ2v) is 4.53. The van der Waals surface area contributed by atoms with Gasteiger partial charge in [-0.1, -0.05) is 23.7 Å². The molecule has 96 valence electrons. The molecule has 3 nitrogen and oxygen atoms in total. The summed E-state index contributed by atoms with van der Waals surface area (Å²) in [4.78, 5) is 11.4. The summed E-state index contributed by atoms with van der Waals surface area (Å²) in [6.07, 6.45) is 2.07. The van der Waals surface area contributed by atoms with Gasteiger partial charge in [-0.05, 0) is 24.1 Å². The number of ketones is 1. The Labute approximate surface area is 111 Å². The predicted octanol–water partition coefficient (Wildman–Crippen LogP) is 3.42. The first-order chi connectivity index (χ1) is 8.70. The number of ether oxygens (including phenoxy) is 2. The van der Waals surface area contributed by atoms with Gasteiger partial charge in [0.25, 0.3) is 0 Å². The van der Waals surface area contributed by atoms with Crippen molar-refractivity contribution in [2.75, 3.05) is 7.11 Å². The second-order valence-electron chi connectivity index (χ2n) is 4.15. The van der Waals surface area contributed by atoms with E-state index in [4.69, 9.17) is 21.1 Å². The molecule has 0 fully saturated rings. The van der Waals surface area contributed by atoms with Crippen LogP contribution in [0.4, 0.5) is 0 Å². The van der Waals surface area contributed by atoms with Crippen LogP contribution in [-0.2, 0) is 16.1 Å². The molecular formula is C14H15ClO3. The summed E-state index contributed by atoms with van der Waals surface area (Å²) in [7, 11) is 1.63. The molecule has 0 atom stereocenters. The topological polar surface area (TPSA) is 35.5 Å². The molecule has 0 saturated carbocycles. The van der Waals surface area contributed by atoms with Crippen molar-refractivity contribution in [3.8, 4) is 5.75 Å². The fourth-order valence-electron chi connectivity index (χ4n) is 1.81. The monoisotopic (exact) mass is 266 g/mol. The Hall–Kier alpha value is -1.48. The van der Waals surface area contributed by atoms with Gasteiger partial charge in [0.05, 0.1) is 7.11 Å². The van der Waals surface area contributed by atoms with E-state index in [1.165, 1.54) is 0 Å². The molecule has 1 aromatic rings. The summed E-state index contributed by atoms with van der Waals surface area (Å²) in [5.74, 6) is 1.40. The molecule has 0 N–H and O–H groups in total. The first-order valence-corrected chi connectivity index (χ1v) is 6.26. The number of carbonyl (C=O) groups is 1. The number of allylic oxidation sites excluding steroid dienone is 2. The van der Waals surface area contributed by atoms with Gasteiger partial charge in [-0.25, -0.2) is 0 Å². The molecular weight excluding hydrogens is 252 g/mol. The summed E-state index contributed by atoms with van der Waals surface area (Å²) in [5, 5.41) is 0.259. The molecule has 0 radical (unpaired) electrons. The molecule has 0 unspecified atom stereocenters. The van der Waals surface area contributed by atoms with Crippen molar-refractivity contribution in [2.24, 2.45) is 0 Å². The summed E-state index contributed by atoms with van der Waals surface area (Å²) in [6, 6.07) is 7.61. The van der Waals surface area contributed by atoms with Gasteiger partial charge in [0, 0.05) is 12.8 Å². The van der Waals surface area contributed by atoms with E-state index in [9.17, 15) is 4.79 Å². The number of methoxy groups -OCH3 is 1. The van der Waals surface area contributed by atoms with Crippen LogP contribution in [-0.4, -0.2) is 12.9 Å². The molecule has 2 rings (SSSR count). The van der Waals surface area contributed by atoms with Crippen molar-refractivity contribution in [2.45, 2.75) is 25.9 Å². The normalized spacial score (nSPS) is 15.8. The molecule has 1 aliphatic rings. The van der Waals surface area contributed by atoms with Crippen molar-refractivity contribution in [1.29, 1.82) is 0 Å². The average Bonchev–Trinajstić information content (AvgIpc) is 2.41. The van der Waals surface area contributed by atoms with Gasteiger partial charge >= 0.3 is 0 Å². The zero-order valence-corrected chi connectivity index (χ0v) is 11.0. The smallest absolute Gasteiger partial charge is 0.177 e.